The number of rotatable bonds is 1. The number of ether oxygens (including phenoxy) is 1. The van der Waals surface area contributed by atoms with Crippen LogP contribution in [0, 0.1) is 0 Å². The molecule has 0 saturated carbocycles. The maximum Gasteiger partial charge on any atom is 0.106 e. The van der Waals surface area contributed by atoms with Gasteiger partial charge in [-0.25, -0.2) is 0 Å². The highest BCUT2D eigenvalue weighted by Crippen LogP contribution is 2.11. The summed E-state index contributed by atoms with van der Waals surface area (Å²) in [6.45, 7) is -0.853. The number of hydrogen-bond acceptors (Lipinski definition) is 3. The zero-order valence-corrected chi connectivity index (χ0v) is 4.45. The van der Waals surface area contributed by atoms with Gasteiger partial charge in [-0.1, -0.05) is 0 Å². The average Bonchev–Trinajstić information content (AvgIpc) is 2.10. The van der Waals surface area contributed by atoms with Gasteiger partial charge < -0.3 is 14.9 Å². The molecule has 3 nitrogen and oxygen atoms in total. The van der Waals surface area contributed by atoms with Crippen LogP contribution in [0.4, 0.5) is 0 Å². The molecule has 0 aromatic carbocycles. The normalized spacial score (nSPS) is 49.2. The molecule has 0 amide bonds. The largest absolute Gasteiger partial charge is 0.394 e. The van der Waals surface area contributed by atoms with Crippen LogP contribution >= 0.6 is 0 Å². The second-order valence-corrected chi connectivity index (χ2v) is 1.83. The quantitative estimate of drug-likeness (QED) is 0.473. The minimum Gasteiger partial charge on any atom is -0.394 e. The van der Waals surface area contributed by atoms with E-state index in [1.807, 2.05) is 0 Å². The van der Waals surface area contributed by atoms with E-state index in [0.29, 0.717) is 6.42 Å². The monoisotopic (exact) mass is 120 g/mol. The summed E-state index contributed by atoms with van der Waals surface area (Å²) in [7, 11) is 0. The summed E-state index contributed by atoms with van der Waals surface area (Å²) in [6, 6.07) is 0. The number of aliphatic hydroxyl groups is 2. The fourth-order valence-corrected chi connectivity index (χ4v) is 0.685. The predicted molar refractivity (Wildman–Crippen MR) is 27.4 cm³/mol. The molecule has 1 fully saturated rings. The second-order valence-electron chi connectivity index (χ2n) is 1.83. The first kappa shape index (κ1) is 4.73. The summed E-state index contributed by atoms with van der Waals surface area (Å²) in [4.78, 5) is 0. The first-order valence-corrected chi connectivity index (χ1v) is 2.60. The molecule has 0 bridgehead atoms. The van der Waals surface area contributed by atoms with Crippen molar-refractivity contribution in [2.75, 3.05) is 13.2 Å². The van der Waals surface area contributed by atoms with Crippen LogP contribution in [-0.4, -0.2) is 35.6 Å². The molecule has 3 atom stereocenters. The van der Waals surface area contributed by atoms with Crippen LogP contribution in [0.2, 0.25) is 0 Å². The molecule has 1 saturated heterocycles. The first-order chi connectivity index (χ1) is 4.24. The molecule has 1 aliphatic rings. The van der Waals surface area contributed by atoms with Gasteiger partial charge in [0.2, 0.25) is 0 Å². The number of aliphatic hydroxyl groups excluding tert-OH is 2. The van der Waals surface area contributed by atoms with Gasteiger partial charge in [-0.15, -0.1) is 0 Å². The highest BCUT2D eigenvalue weighted by Gasteiger charge is 2.24. The molecule has 0 aliphatic carbocycles. The lowest BCUT2D eigenvalue weighted by Crippen LogP contribution is -2.24. The minimum atomic E-state index is -0.655. The molecule has 3 heteroatoms. The lowest BCUT2D eigenvalue weighted by molar-refractivity contribution is 0.00406. The Morgan fingerprint density at radius 1 is 1.88 bits per heavy atom. The summed E-state index contributed by atoms with van der Waals surface area (Å²) in [5, 5.41) is 17.4. The van der Waals surface area contributed by atoms with Crippen LogP contribution < -0.4 is 0 Å². The molecule has 8 heavy (non-hydrogen) atoms. The third kappa shape index (κ3) is 0.992. The van der Waals surface area contributed by atoms with E-state index < -0.39 is 18.8 Å². The highest BCUT2D eigenvalue weighted by atomic mass is 16.5. The molecule has 1 rings (SSSR count). The predicted octanol–water partition coefficient (Wildman–Crippen LogP) is -0.871. The highest BCUT2D eigenvalue weighted by molar-refractivity contribution is 4.73. The van der Waals surface area contributed by atoms with Crippen molar-refractivity contribution in [2.24, 2.45) is 0 Å². The summed E-state index contributed by atoms with van der Waals surface area (Å²) in [5.74, 6) is 0. The van der Waals surface area contributed by atoms with E-state index in [4.69, 9.17) is 16.3 Å². The Balaban J connectivity index is 2.38. The lowest BCUT2D eigenvalue weighted by atomic mass is 10.2. The van der Waals surface area contributed by atoms with Crippen molar-refractivity contribution in [1.29, 1.82) is 0 Å². The second kappa shape index (κ2) is 2.44. The zero-order valence-electron chi connectivity index (χ0n) is 5.45. The molecule has 1 heterocycles. The van der Waals surface area contributed by atoms with Gasteiger partial charge in [0.05, 0.1) is 14.1 Å². The van der Waals surface area contributed by atoms with Crippen LogP contribution in [0.25, 0.3) is 0 Å². The summed E-state index contributed by atoms with van der Waals surface area (Å²) >= 11 is 0. The van der Waals surface area contributed by atoms with Crippen molar-refractivity contribution in [3.8, 4) is 0 Å². The standard InChI is InChI=1S/C5H10O3/c6-3-5-4(7)1-2-8-5/h4-7H,1-3H2/t4?,5-/m1/s1/i2T/t2?,4?,5-. The minimum absolute atomic E-state index is 0.198. The molecule has 0 aromatic heterocycles. The fourth-order valence-electron chi connectivity index (χ4n) is 0.685. The molecule has 2 N–H and O–H groups in total. The molecular formula is C5H10O3. The average molecular weight is 120 g/mol. The fraction of sp³-hybridized carbons (Fsp3) is 1.00. The van der Waals surface area contributed by atoms with Gasteiger partial charge in [-0.05, 0) is 6.42 Å². The van der Waals surface area contributed by atoms with E-state index in [1.165, 1.54) is 0 Å². The lowest BCUT2D eigenvalue weighted by Gasteiger charge is -2.07. The Morgan fingerprint density at radius 3 is 2.88 bits per heavy atom. The molecule has 0 radical (unpaired) electrons. The van der Waals surface area contributed by atoms with Gasteiger partial charge in [-0.3, -0.25) is 0 Å². The SMILES string of the molecule is [3H]C1CC(O)[C@@H](CO)O1. The van der Waals surface area contributed by atoms with Crippen molar-refractivity contribution in [1.82, 2.24) is 0 Å². The smallest absolute Gasteiger partial charge is 0.106 e. The summed E-state index contributed by atoms with van der Waals surface area (Å²) in [6.07, 6.45) is -0.879. The van der Waals surface area contributed by atoms with Crippen molar-refractivity contribution >= 4 is 0 Å². The van der Waals surface area contributed by atoms with Gasteiger partial charge in [0.15, 0.2) is 0 Å². The van der Waals surface area contributed by atoms with Crippen LogP contribution in [0.3, 0.4) is 0 Å². The van der Waals surface area contributed by atoms with E-state index in [-0.39, 0.29) is 6.61 Å². The van der Waals surface area contributed by atoms with Crippen LogP contribution in [0.5, 0.6) is 0 Å². The van der Waals surface area contributed by atoms with Crippen molar-refractivity contribution in [3.63, 3.8) is 0 Å². The molecule has 0 aromatic rings. The molecule has 48 valence electrons. The van der Waals surface area contributed by atoms with Crippen LogP contribution in [-0.2, 0) is 4.74 Å². The zero-order chi connectivity index (χ0) is 6.85. The van der Waals surface area contributed by atoms with Crippen molar-refractivity contribution in [2.45, 2.75) is 18.6 Å². The van der Waals surface area contributed by atoms with Gasteiger partial charge in [0.1, 0.15) is 6.10 Å². The Morgan fingerprint density at radius 2 is 2.62 bits per heavy atom. The van der Waals surface area contributed by atoms with Gasteiger partial charge in [-0.2, -0.15) is 0 Å². The van der Waals surface area contributed by atoms with Gasteiger partial charge in [0.25, 0.3) is 0 Å². The van der Waals surface area contributed by atoms with Crippen LogP contribution in [0.1, 0.15) is 7.79 Å². The molecule has 2 unspecified atom stereocenters. The summed E-state index contributed by atoms with van der Waals surface area (Å²) in [5.41, 5.74) is 0. The van der Waals surface area contributed by atoms with Gasteiger partial charge in [0, 0.05) is 6.58 Å². The Kier molecular flexibility index (Phi) is 1.44. The van der Waals surface area contributed by atoms with E-state index in [2.05, 4.69) is 0 Å². The van der Waals surface area contributed by atoms with Crippen molar-refractivity contribution in [3.05, 3.63) is 0 Å². The van der Waals surface area contributed by atoms with E-state index in [0.717, 1.165) is 0 Å². The number of hydrogen-bond donors (Lipinski definition) is 2. The Labute approximate surface area is 49.3 Å². The molecular weight excluding hydrogens is 108 g/mol. The maximum atomic E-state index is 8.95. The third-order valence-corrected chi connectivity index (χ3v) is 1.22. The topological polar surface area (TPSA) is 49.7 Å². The molecule has 0 spiro atoms. The molecule has 1 aliphatic heterocycles. The maximum absolute atomic E-state index is 8.95. The van der Waals surface area contributed by atoms with E-state index >= 15 is 0 Å². The van der Waals surface area contributed by atoms with Crippen molar-refractivity contribution < 1.29 is 16.3 Å². The first-order valence-electron chi connectivity index (χ1n) is 3.18. The summed E-state index contributed by atoms with van der Waals surface area (Å²) < 4.78 is 11.8. The Bertz CT molecular complexity index is 98.2. The van der Waals surface area contributed by atoms with E-state index in [9.17, 15) is 0 Å². The Hall–Kier alpha value is -0.120. The van der Waals surface area contributed by atoms with Gasteiger partial charge >= 0.3 is 0 Å². The van der Waals surface area contributed by atoms with Crippen LogP contribution in [0.15, 0.2) is 0 Å². The van der Waals surface area contributed by atoms with E-state index in [1.54, 1.807) is 0 Å². The third-order valence-electron chi connectivity index (χ3n) is 1.22.